The van der Waals surface area contributed by atoms with Crippen LogP contribution in [0.3, 0.4) is 0 Å². The van der Waals surface area contributed by atoms with Crippen LogP contribution in [-0.4, -0.2) is 66.3 Å². The number of carbonyl (C=O) groups excluding carboxylic acids is 3. The van der Waals surface area contributed by atoms with Gasteiger partial charge in [-0.1, -0.05) is 15.9 Å². The predicted molar refractivity (Wildman–Crippen MR) is 115 cm³/mol. The van der Waals surface area contributed by atoms with Crippen LogP contribution >= 0.6 is 15.9 Å². The summed E-state index contributed by atoms with van der Waals surface area (Å²) < 4.78 is 19.8. The molecule has 1 spiro atoms. The van der Waals surface area contributed by atoms with Crippen molar-refractivity contribution in [2.24, 2.45) is 5.10 Å². The summed E-state index contributed by atoms with van der Waals surface area (Å²) in [5, 5.41) is 9.24. The summed E-state index contributed by atoms with van der Waals surface area (Å²) in [7, 11) is 1.40. The number of nitrogens with one attached hydrogen (secondary N) is 3. The van der Waals surface area contributed by atoms with Gasteiger partial charge in [-0.05, 0) is 32.0 Å². The van der Waals surface area contributed by atoms with Gasteiger partial charge in [-0.3, -0.25) is 14.5 Å². The molecule has 0 bridgehead atoms. The number of hydrogen-bond acceptors (Lipinski definition) is 6. The molecule has 31 heavy (non-hydrogen) atoms. The van der Waals surface area contributed by atoms with Crippen molar-refractivity contribution < 1.29 is 23.5 Å². The number of nitrogens with zero attached hydrogens (tertiary/aromatic N) is 2. The molecule has 0 aliphatic carbocycles. The van der Waals surface area contributed by atoms with Crippen LogP contribution in [0.25, 0.3) is 0 Å². The number of hydrogen-bond donors (Lipinski definition) is 3. The summed E-state index contributed by atoms with van der Waals surface area (Å²) >= 11 is 3.37. The van der Waals surface area contributed by atoms with E-state index in [2.05, 4.69) is 42.0 Å². The standard InChI is InChI=1S/C20H25BrFN5O4/c1-11(24-18(29)17(28)23-3)12(2)27-8-6-20(7-9-27)16(25-26-19(30)31-20)14-5-4-13(22)10-15(14)21/h4-5,10-12H,6-9H2,1-3H3,(H,23,28)(H,24,29)(H,26,30)/t11-,12-/m0/s1. The van der Waals surface area contributed by atoms with Gasteiger partial charge >= 0.3 is 17.9 Å². The molecular formula is C20H25BrFN5O4. The second kappa shape index (κ2) is 9.31. The molecule has 3 rings (SSSR count). The van der Waals surface area contributed by atoms with Gasteiger partial charge < -0.3 is 15.4 Å². The molecule has 3 N–H and O–H groups in total. The number of likely N-dealkylation sites (tertiary alicyclic amines) is 1. The first-order chi connectivity index (χ1) is 14.7. The minimum atomic E-state index is -0.937. The highest BCUT2D eigenvalue weighted by Crippen LogP contribution is 2.35. The quantitative estimate of drug-likeness (QED) is 0.545. The topological polar surface area (TPSA) is 112 Å². The number of benzene rings is 1. The number of carbonyl (C=O) groups is 3. The Morgan fingerprint density at radius 1 is 1.29 bits per heavy atom. The van der Waals surface area contributed by atoms with Crippen molar-refractivity contribution in [2.45, 2.75) is 44.4 Å². The Morgan fingerprint density at radius 2 is 1.97 bits per heavy atom. The van der Waals surface area contributed by atoms with Gasteiger partial charge in [0, 0.05) is 55.1 Å². The summed E-state index contributed by atoms with van der Waals surface area (Å²) in [5.41, 5.74) is 2.59. The molecule has 2 heterocycles. The number of ether oxygens (including phenoxy) is 1. The van der Waals surface area contributed by atoms with Crippen molar-refractivity contribution in [1.29, 1.82) is 0 Å². The zero-order valence-corrected chi connectivity index (χ0v) is 19.1. The van der Waals surface area contributed by atoms with E-state index in [4.69, 9.17) is 4.74 Å². The Bertz CT molecular complexity index is 917. The molecule has 1 aromatic rings. The smallest absolute Gasteiger partial charge is 0.428 e. The summed E-state index contributed by atoms with van der Waals surface area (Å²) in [6.45, 7) is 4.95. The Balaban J connectivity index is 1.74. The van der Waals surface area contributed by atoms with Gasteiger partial charge in [0.2, 0.25) is 0 Å². The van der Waals surface area contributed by atoms with Gasteiger partial charge in [-0.15, -0.1) is 0 Å². The molecular weight excluding hydrogens is 473 g/mol. The molecule has 1 saturated heterocycles. The molecule has 0 radical (unpaired) electrons. The van der Waals surface area contributed by atoms with E-state index in [1.807, 2.05) is 13.8 Å². The van der Waals surface area contributed by atoms with Crippen LogP contribution < -0.4 is 16.1 Å². The fourth-order valence-electron chi connectivity index (χ4n) is 3.89. The number of piperidine rings is 1. The zero-order chi connectivity index (χ0) is 22.8. The minimum Gasteiger partial charge on any atom is -0.435 e. The third-order valence-corrected chi connectivity index (χ3v) is 6.52. The number of hydrazone groups is 1. The Kier molecular flexibility index (Phi) is 6.95. The SMILES string of the molecule is CNC(=O)C(=O)N[C@@H](C)[C@H](C)N1CCC2(CC1)OC(=O)NN=C2c1ccc(F)cc1Br. The van der Waals surface area contributed by atoms with Crippen LogP contribution in [0.4, 0.5) is 9.18 Å². The summed E-state index contributed by atoms with van der Waals surface area (Å²) in [6.07, 6.45) is 0.322. The van der Waals surface area contributed by atoms with E-state index in [-0.39, 0.29) is 17.9 Å². The average Bonchev–Trinajstić information content (AvgIpc) is 2.74. The first-order valence-electron chi connectivity index (χ1n) is 9.96. The average molecular weight is 498 g/mol. The molecule has 0 aromatic heterocycles. The molecule has 3 amide bonds. The number of halogens is 2. The van der Waals surface area contributed by atoms with E-state index in [0.717, 1.165) is 0 Å². The fourth-order valence-corrected chi connectivity index (χ4v) is 4.43. The maximum Gasteiger partial charge on any atom is 0.428 e. The van der Waals surface area contributed by atoms with Gasteiger partial charge in [0.25, 0.3) is 0 Å². The second-order valence-corrected chi connectivity index (χ2v) is 8.55. The Labute approximate surface area is 187 Å². The second-order valence-electron chi connectivity index (χ2n) is 7.70. The molecule has 0 unspecified atom stereocenters. The van der Waals surface area contributed by atoms with Gasteiger partial charge in [-0.25, -0.2) is 14.6 Å². The van der Waals surface area contributed by atoms with Crippen LogP contribution in [0.15, 0.2) is 27.8 Å². The lowest BCUT2D eigenvalue weighted by molar-refractivity contribution is -0.139. The van der Waals surface area contributed by atoms with E-state index in [1.165, 1.54) is 19.2 Å². The molecule has 11 heteroatoms. The first kappa shape index (κ1) is 23.1. The summed E-state index contributed by atoms with van der Waals surface area (Å²) in [6, 6.07) is 3.96. The third kappa shape index (κ3) is 4.87. The maximum atomic E-state index is 13.6. The lowest BCUT2D eigenvalue weighted by Gasteiger charge is -2.45. The minimum absolute atomic E-state index is 0.0543. The van der Waals surface area contributed by atoms with E-state index in [0.29, 0.717) is 41.7 Å². The highest BCUT2D eigenvalue weighted by molar-refractivity contribution is 9.10. The lowest BCUT2D eigenvalue weighted by atomic mass is 9.82. The van der Waals surface area contributed by atoms with E-state index >= 15 is 0 Å². The zero-order valence-electron chi connectivity index (χ0n) is 17.5. The highest BCUT2D eigenvalue weighted by Gasteiger charge is 2.47. The highest BCUT2D eigenvalue weighted by atomic mass is 79.9. The molecule has 0 saturated carbocycles. The van der Waals surface area contributed by atoms with Gasteiger partial charge in [0.15, 0.2) is 5.60 Å². The number of likely N-dealkylation sites (N-methyl/N-ethyl adjacent to an activating group) is 1. The Morgan fingerprint density at radius 3 is 2.58 bits per heavy atom. The number of rotatable bonds is 4. The molecule has 2 atom stereocenters. The molecule has 9 nitrogen and oxygen atoms in total. The molecule has 2 aliphatic rings. The van der Waals surface area contributed by atoms with E-state index in [1.54, 1.807) is 6.07 Å². The largest absolute Gasteiger partial charge is 0.435 e. The Hall–Kier alpha value is -2.53. The van der Waals surface area contributed by atoms with Crippen molar-refractivity contribution in [2.75, 3.05) is 20.1 Å². The van der Waals surface area contributed by atoms with Crippen LogP contribution in [0.2, 0.25) is 0 Å². The maximum absolute atomic E-state index is 13.6. The molecule has 1 aromatic carbocycles. The summed E-state index contributed by atoms with van der Waals surface area (Å²) in [5.74, 6) is -1.76. The van der Waals surface area contributed by atoms with Crippen LogP contribution in [0.5, 0.6) is 0 Å². The molecule has 1 fully saturated rings. The molecule has 168 valence electrons. The number of amides is 3. The van der Waals surface area contributed by atoms with E-state index < -0.39 is 23.5 Å². The fraction of sp³-hybridized carbons (Fsp3) is 0.500. The molecule has 2 aliphatic heterocycles. The van der Waals surface area contributed by atoms with Crippen molar-refractivity contribution in [1.82, 2.24) is 21.0 Å². The normalized spacial score (nSPS) is 20.2. The van der Waals surface area contributed by atoms with Crippen molar-refractivity contribution in [3.05, 3.63) is 34.1 Å². The van der Waals surface area contributed by atoms with Crippen molar-refractivity contribution in [3.63, 3.8) is 0 Å². The first-order valence-corrected chi connectivity index (χ1v) is 10.8. The summed E-state index contributed by atoms with van der Waals surface area (Å²) in [4.78, 5) is 37.5. The van der Waals surface area contributed by atoms with Crippen molar-refractivity contribution in [3.8, 4) is 0 Å². The van der Waals surface area contributed by atoms with Gasteiger partial charge in [0.05, 0.1) is 0 Å². The van der Waals surface area contributed by atoms with Crippen molar-refractivity contribution >= 4 is 39.5 Å². The third-order valence-electron chi connectivity index (χ3n) is 5.86. The van der Waals surface area contributed by atoms with E-state index in [9.17, 15) is 18.8 Å². The van der Waals surface area contributed by atoms with Gasteiger partial charge in [-0.2, -0.15) is 5.10 Å². The van der Waals surface area contributed by atoms with Gasteiger partial charge in [0.1, 0.15) is 11.5 Å². The monoisotopic (exact) mass is 497 g/mol. The van der Waals surface area contributed by atoms with Crippen LogP contribution in [0.1, 0.15) is 32.3 Å². The van der Waals surface area contributed by atoms with Crippen LogP contribution in [-0.2, 0) is 14.3 Å². The predicted octanol–water partition coefficient (Wildman–Crippen LogP) is 1.51. The van der Waals surface area contributed by atoms with Crippen LogP contribution in [0, 0.1) is 5.82 Å². The lowest BCUT2D eigenvalue weighted by Crippen LogP contribution is -2.59.